The lowest BCUT2D eigenvalue weighted by Gasteiger charge is -2.15. The van der Waals surface area contributed by atoms with Crippen LogP contribution in [0, 0.1) is 0 Å². The highest BCUT2D eigenvalue weighted by molar-refractivity contribution is 8.22. The molecular weight excluding hydrogens is 230 g/mol. The number of rotatable bonds is 3. The number of hydrogen-bond donors (Lipinski definition) is 1. The molecule has 0 fully saturated rings. The van der Waals surface area contributed by atoms with E-state index >= 15 is 0 Å². The monoisotopic (exact) mass is 245 g/mol. The van der Waals surface area contributed by atoms with Crippen LogP contribution >= 0.6 is 24.0 Å². The van der Waals surface area contributed by atoms with E-state index in [2.05, 4.69) is 10.1 Å². The van der Waals surface area contributed by atoms with Crippen molar-refractivity contribution < 1.29 is 0 Å². The smallest absolute Gasteiger partial charge is 0.247 e. The van der Waals surface area contributed by atoms with Crippen LogP contribution in [0.3, 0.4) is 0 Å². The fourth-order valence-corrected chi connectivity index (χ4v) is 1.62. The van der Waals surface area contributed by atoms with Crippen LogP contribution in [0.2, 0.25) is 0 Å². The molecule has 0 bridgehead atoms. The number of hydrogen-bond acceptors (Lipinski definition) is 6. The minimum atomic E-state index is 0.344. The lowest BCUT2D eigenvalue weighted by Crippen LogP contribution is -2.23. The predicted molar refractivity (Wildman–Crippen MR) is 69.5 cm³/mol. The van der Waals surface area contributed by atoms with Gasteiger partial charge in [0.25, 0.3) is 0 Å². The first-order valence-electron chi connectivity index (χ1n) is 4.69. The molecule has 0 aliphatic carbocycles. The summed E-state index contributed by atoms with van der Waals surface area (Å²) in [7, 11) is 0. The van der Waals surface area contributed by atoms with Crippen LogP contribution < -0.4 is 10.6 Å². The molecule has 1 aromatic rings. The van der Waals surface area contributed by atoms with Crippen molar-refractivity contribution >= 4 is 40.2 Å². The Labute approximate surface area is 99.0 Å². The van der Waals surface area contributed by atoms with Crippen LogP contribution in [-0.2, 0) is 0 Å². The van der Waals surface area contributed by atoms with E-state index in [1.807, 2.05) is 25.0 Å². The van der Waals surface area contributed by atoms with Crippen molar-refractivity contribution in [2.24, 2.45) is 0 Å². The van der Waals surface area contributed by atoms with Crippen LogP contribution in [-0.4, -0.2) is 38.4 Å². The largest absolute Gasteiger partial charge is 0.368 e. The average Bonchev–Trinajstić information content (AvgIpc) is 2.61. The van der Waals surface area contributed by atoms with Gasteiger partial charge in [-0.05, 0) is 20.1 Å². The van der Waals surface area contributed by atoms with Gasteiger partial charge >= 0.3 is 0 Å². The first kappa shape index (κ1) is 12.3. The Morgan fingerprint density at radius 2 is 2.13 bits per heavy atom. The molecule has 1 heterocycles. The van der Waals surface area contributed by atoms with Crippen molar-refractivity contribution in [1.82, 2.24) is 14.8 Å². The molecule has 5 nitrogen and oxygen atoms in total. The zero-order valence-electron chi connectivity index (χ0n) is 9.10. The Bertz CT molecular complexity index is 345. The highest BCUT2D eigenvalue weighted by atomic mass is 32.2. The number of thiocarbonyl (C=S) groups is 1. The second-order valence-electron chi connectivity index (χ2n) is 2.82. The molecule has 0 saturated carbocycles. The van der Waals surface area contributed by atoms with Crippen LogP contribution in [0.5, 0.6) is 0 Å². The van der Waals surface area contributed by atoms with Gasteiger partial charge in [-0.15, -0.1) is 5.10 Å². The molecular formula is C8H15N5S2. The summed E-state index contributed by atoms with van der Waals surface area (Å²) in [6, 6.07) is 0. The van der Waals surface area contributed by atoms with Crippen LogP contribution in [0.25, 0.3) is 0 Å². The number of nitrogens with two attached hydrogens (primary N) is 1. The zero-order valence-corrected chi connectivity index (χ0v) is 10.7. The summed E-state index contributed by atoms with van der Waals surface area (Å²) < 4.78 is 2.10. The summed E-state index contributed by atoms with van der Waals surface area (Å²) in [4.78, 5) is 6.20. The third kappa shape index (κ3) is 2.60. The maximum Gasteiger partial charge on any atom is 0.247 e. The third-order valence-electron chi connectivity index (χ3n) is 2.01. The van der Waals surface area contributed by atoms with Crippen LogP contribution in [0.4, 0.5) is 11.9 Å². The Hall–Kier alpha value is -0.820. The minimum Gasteiger partial charge on any atom is -0.368 e. The molecule has 15 heavy (non-hydrogen) atoms. The zero-order chi connectivity index (χ0) is 11.4. The van der Waals surface area contributed by atoms with Crippen molar-refractivity contribution in [3.8, 4) is 0 Å². The summed E-state index contributed by atoms with van der Waals surface area (Å²) in [5.41, 5.74) is 5.73. The van der Waals surface area contributed by atoms with E-state index in [0.29, 0.717) is 16.2 Å². The van der Waals surface area contributed by atoms with Crippen molar-refractivity contribution in [2.75, 3.05) is 30.0 Å². The molecule has 1 aromatic heterocycles. The number of nitrogens with zero attached hydrogens (tertiary/aromatic N) is 4. The van der Waals surface area contributed by atoms with Crippen molar-refractivity contribution in [2.45, 2.75) is 13.8 Å². The molecule has 0 aliphatic rings. The second kappa shape index (κ2) is 5.32. The van der Waals surface area contributed by atoms with Gasteiger partial charge in [0, 0.05) is 13.1 Å². The SMILES string of the molecule is CCN(CC)c1nc(N)n(C(=S)SC)n1. The number of anilines is 2. The van der Waals surface area contributed by atoms with Gasteiger partial charge in [-0.25, -0.2) is 0 Å². The molecule has 0 amide bonds. The lowest BCUT2D eigenvalue weighted by atomic mass is 10.5. The molecule has 0 atom stereocenters. The highest BCUT2D eigenvalue weighted by Gasteiger charge is 2.13. The molecule has 84 valence electrons. The van der Waals surface area contributed by atoms with Crippen molar-refractivity contribution in [3.05, 3.63) is 0 Å². The molecule has 0 radical (unpaired) electrons. The molecule has 2 N–H and O–H groups in total. The molecule has 0 unspecified atom stereocenters. The number of thioether (sulfide) groups is 1. The minimum absolute atomic E-state index is 0.344. The molecule has 0 spiro atoms. The summed E-state index contributed by atoms with van der Waals surface area (Å²) >= 11 is 6.53. The summed E-state index contributed by atoms with van der Waals surface area (Å²) in [5.74, 6) is 0.977. The fourth-order valence-electron chi connectivity index (χ4n) is 1.17. The molecule has 7 heteroatoms. The summed E-state index contributed by atoms with van der Waals surface area (Å²) in [6.07, 6.45) is 1.89. The second-order valence-corrected chi connectivity index (χ2v) is 4.26. The summed E-state index contributed by atoms with van der Waals surface area (Å²) in [6.45, 7) is 5.80. The van der Waals surface area contributed by atoms with Gasteiger partial charge < -0.3 is 10.6 Å². The maximum atomic E-state index is 5.73. The maximum absolute atomic E-state index is 5.73. The molecule has 0 aromatic carbocycles. The molecule has 0 aliphatic heterocycles. The van der Waals surface area contributed by atoms with E-state index in [-0.39, 0.29) is 0 Å². The normalized spacial score (nSPS) is 10.3. The predicted octanol–water partition coefficient (Wildman–Crippen LogP) is 1.20. The first-order valence-corrected chi connectivity index (χ1v) is 6.33. The quantitative estimate of drug-likeness (QED) is 0.808. The third-order valence-corrected chi connectivity index (χ3v) is 3.21. The molecule has 0 saturated heterocycles. The van der Waals surface area contributed by atoms with E-state index in [9.17, 15) is 0 Å². The van der Waals surface area contributed by atoms with Crippen molar-refractivity contribution in [1.29, 1.82) is 0 Å². The Morgan fingerprint density at radius 3 is 2.60 bits per heavy atom. The number of nitrogen functional groups attached to an aromatic ring is 1. The van der Waals surface area contributed by atoms with E-state index in [4.69, 9.17) is 18.0 Å². The van der Waals surface area contributed by atoms with Gasteiger partial charge in [0.05, 0.1) is 0 Å². The fraction of sp³-hybridized carbons (Fsp3) is 0.625. The Kier molecular flexibility index (Phi) is 4.34. The Balaban J connectivity index is 2.99. The first-order chi connectivity index (χ1) is 7.13. The van der Waals surface area contributed by atoms with E-state index in [0.717, 1.165) is 13.1 Å². The average molecular weight is 245 g/mol. The van der Waals surface area contributed by atoms with E-state index < -0.39 is 0 Å². The van der Waals surface area contributed by atoms with Gasteiger partial charge in [-0.1, -0.05) is 24.0 Å². The van der Waals surface area contributed by atoms with Gasteiger partial charge in [0.1, 0.15) is 0 Å². The van der Waals surface area contributed by atoms with E-state index in [1.165, 1.54) is 16.4 Å². The summed E-state index contributed by atoms with van der Waals surface area (Å²) in [5, 5.41) is 4.27. The van der Waals surface area contributed by atoms with Gasteiger partial charge in [-0.3, -0.25) is 0 Å². The Morgan fingerprint density at radius 1 is 1.53 bits per heavy atom. The number of aromatic nitrogens is 3. The van der Waals surface area contributed by atoms with Gasteiger partial charge in [0.2, 0.25) is 11.9 Å². The van der Waals surface area contributed by atoms with Crippen LogP contribution in [0.1, 0.15) is 13.8 Å². The lowest BCUT2D eigenvalue weighted by molar-refractivity contribution is 0.816. The highest BCUT2D eigenvalue weighted by Crippen LogP contribution is 2.13. The van der Waals surface area contributed by atoms with Gasteiger partial charge in [-0.2, -0.15) is 9.67 Å². The van der Waals surface area contributed by atoms with E-state index in [1.54, 1.807) is 0 Å². The van der Waals surface area contributed by atoms with Crippen molar-refractivity contribution in [3.63, 3.8) is 0 Å². The standard InChI is InChI=1S/C8H15N5S2/c1-4-12(5-2)7-10-6(9)13(11-7)8(14)15-3/h4-5H2,1-3H3,(H2,9,10,11). The topological polar surface area (TPSA) is 60.0 Å². The van der Waals surface area contributed by atoms with Gasteiger partial charge in [0.15, 0.2) is 4.32 Å². The van der Waals surface area contributed by atoms with Crippen LogP contribution in [0.15, 0.2) is 0 Å². The molecule has 1 rings (SSSR count).